The van der Waals surface area contributed by atoms with E-state index in [0.29, 0.717) is 18.4 Å². The Morgan fingerprint density at radius 1 is 1.20 bits per heavy atom. The summed E-state index contributed by atoms with van der Waals surface area (Å²) in [5, 5.41) is 0. The normalized spacial score (nSPS) is 10.4. The van der Waals surface area contributed by atoms with Crippen LogP contribution in [0.4, 0.5) is 0 Å². The molecule has 0 bridgehead atoms. The van der Waals surface area contributed by atoms with Gasteiger partial charge in [0.2, 0.25) is 0 Å². The fraction of sp³-hybridized carbons (Fsp3) is 0.500. The maximum Gasteiger partial charge on any atom is 0.305 e. The van der Waals surface area contributed by atoms with E-state index in [9.17, 15) is 9.59 Å². The predicted molar refractivity (Wildman–Crippen MR) is 77.1 cm³/mol. The minimum atomic E-state index is -0.282. The van der Waals surface area contributed by atoms with E-state index in [2.05, 4.69) is 4.74 Å². The molecule has 20 heavy (non-hydrogen) atoms. The average Bonchev–Trinajstić information content (AvgIpc) is 2.37. The van der Waals surface area contributed by atoms with Crippen molar-refractivity contribution in [2.75, 3.05) is 7.11 Å². The van der Waals surface area contributed by atoms with Gasteiger partial charge in [-0.25, -0.2) is 0 Å². The SMILES string of the molecule is COC(=O)CCCC(=O)c1ccc(OC(C)C)cc1C. The lowest BCUT2D eigenvalue weighted by Gasteiger charge is -2.12. The van der Waals surface area contributed by atoms with Crippen LogP contribution < -0.4 is 4.74 Å². The molecule has 0 saturated carbocycles. The summed E-state index contributed by atoms with van der Waals surface area (Å²) in [7, 11) is 1.35. The van der Waals surface area contributed by atoms with Crippen molar-refractivity contribution in [2.45, 2.75) is 46.1 Å². The van der Waals surface area contributed by atoms with Gasteiger partial charge in [-0.15, -0.1) is 0 Å². The first-order chi connectivity index (χ1) is 9.43. The summed E-state index contributed by atoms with van der Waals surface area (Å²) in [4.78, 5) is 23.1. The van der Waals surface area contributed by atoms with Gasteiger partial charge in [0.25, 0.3) is 0 Å². The van der Waals surface area contributed by atoms with Gasteiger partial charge >= 0.3 is 5.97 Å². The Balaban J connectivity index is 2.62. The fourth-order valence-corrected chi connectivity index (χ4v) is 1.92. The lowest BCUT2D eigenvalue weighted by atomic mass is 10.0. The molecule has 0 saturated heterocycles. The number of benzene rings is 1. The highest BCUT2D eigenvalue weighted by molar-refractivity contribution is 5.97. The van der Waals surface area contributed by atoms with E-state index in [1.165, 1.54) is 7.11 Å². The Morgan fingerprint density at radius 3 is 2.45 bits per heavy atom. The molecule has 1 aromatic carbocycles. The van der Waals surface area contributed by atoms with Crippen LogP contribution in [-0.2, 0) is 9.53 Å². The number of rotatable bonds is 7. The van der Waals surface area contributed by atoms with Crippen molar-refractivity contribution in [3.05, 3.63) is 29.3 Å². The van der Waals surface area contributed by atoms with Crippen LogP contribution in [-0.4, -0.2) is 25.0 Å². The van der Waals surface area contributed by atoms with E-state index in [0.717, 1.165) is 11.3 Å². The minimum Gasteiger partial charge on any atom is -0.491 e. The highest BCUT2D eigenvalue weighted by atomic mass is 16.5. The third-order valence-corrected chi connectivity index (χ3v) is 2.88. The summed E-state index contributed by atoms with van der Waals surface area (Å²) in [6.07, 6.45) is 1.24. The van der Waals surface area contributed by atoms with Crippen molar-refractivity contribution >= 4 is 11.8 Å². The van der Waals surface area contributed by atoms with E-state index in [-0.39, 0.29) is 24.3 Å². The van der Waals surface area contributed by atoms with E-state index in [1.807, 2.05) is 26.8 Å². The maximum atomic E-state index is 12.1. The van der Waals surface area contributed by atoms with Crippen LogP contribution in [0.2, 0.25) is 0 Å². The van der Waals surface area contributed by atoms with Gasteiger partial charge in [-0.3, -0.25) is 9.59 Å². The third kappa shape index (κ3) is 5.03. The Kier molecular flexibility index (Phi) is 6.22. The first kappa shape index (κ1) is 16.2. The zero-order valence-electron chi connectivity index (χ0n) is 12.6. The highest BCUT2D eigenvalue weighted by Crippen LogP contribution is 2.20. The molecule has 1 aromatic rings. The van der Waals surface area contributed by atoms with Crippen LogP contribution in [0.1, 0.15) is 49.0 Å². The summed E-state index contributed by atoms with van der Waals surface area (Å²) < 4.78 is 10.1. The molecule has 0 aliphatic rings. The molecule has 110 valence electrons. The van der Waals surface area contributed by atoms with Gasteiger partial charge in [-0.05, 0) is 51.0 Å². The zero-order valence-corrected chi connectivity index (χ0v) is 12.6. The third-order valence-electron chi connectivity index (χ3n) is 2.88. The number of esters is 1. The Morgan fingerprint density at radius 2 is 1.90 bits per heavy atom. The standard InChI is InChI=1S/C16H22O4/c1-11(2)20-13-8-9-14(12(3)10-13)15(17)6-5-7-16(18)19-4/h8-11H,5-7H2,1-4H3. The average molecular weight is 278 g/mol. The van der Waals surface area contributed by atoms with Gasteiger partial charge in [0, 0.05) is 18.4 Å². The summed E-state index contributed by atoms with van der Waals surface area (Å²) in [5.41, 5.74) is 1.58. The van der Waals surface area contributed by atoms with Crippen LogP contribution in [0.25, 0.3) is 0 Å². The van der Waals surface area contributed by atoms with E-state index in [1.54, 1.807) is 12.1 Å². The Hall–Kier alpha value is -1.84. The van der Waals surface area contributed by atoms with Crippen LogP contribution in [0, 0.1) is 6.92 Å². The fourth-order valence-electron chi connectivity index (χ4n) is 1.92. The quantitative estimate of drug-likeness (QED) is 0.567. The number of carbonyl (C=O) groups excluding carboxylic acids is 2. The maximum absolute atomic E-state index is 12.1. The van der Waals surface area contributed by atoms with Gasteiger partial charge in [0.15, 0.2) is 5.78 Å². The van der Waals surface area contributed by atoms with E-state index in [4.69, 9.17) is 4.74 Å². The smallest absolute Gasteiger partial charge is 0.305 e. The van der Waals surface area contributed by atoms with Gasteiger partial charge in [-0.1, -0.05) is 0 Å². The summed E-state index contributed by atoms with van der Waals surface area (Å²) >= 11 is 0. The molecule has 0 atom stereocenters. The topological polar surface area (TPSA) is 52.6 Å². The second kappa shape index (κ2) is 7.68. The predicted octanol–water partition coefficient (Wildman–Crippen LogP) is 3.31. The molecule has 0 amide bonds. The van der Waals surface area contributed by atoms with E-state index >= 15 is 0 Å². The van der Waals surface area contributed by atoms with Crippen LogP contribution in [0.5, 0.6) is 5.75 Å². The molecular formula is C16H22O4. The second-order valence-electron chi connectivity index (χ2n) is 5.00. The first-order valence-electron chi connectivity index (χ1n) is 6.81. The van der Waals surface area contributed by atoms with Crippen molar-refractivity contribution in [1.29, 1.82) is 0 Å². The minimum absolute atomic E-state index is 0.0440. The van der Waals surface area contributed by atoms with Crippen molar-refractivity contribution in [3.8, 4) is 5.75 Å². The van der Waals surface area contributed by atoms with Crippen molar-refractivity contribution < 1.29 is 19.1 Å². The van der Waals surface area contributed by atoms with E-state index < -0.39 is 0 Å². The van der Waals surface area contributed by atoms with Gasteiger partial charge in [0.05, 0.1) is 13.2 Å². The van der Waals surface area contributed by atoms with Gasteiger partial charge < -0.3 is 9.47 Å². The van der Waals surface area contributed by atoms with Crippen molar-refractivity contribution in [3.63, 3.8) is 0 Å². The molecule has 0 aliphatic heterocycles. The number of hydrogen-bond acceptors (Lipinski definition) is 4. The molecule has 0 aromatic heterocycles. The summed E-state index contributed by atoms with van der Waals surface area (Å²) in [6, 6.07) is 5.46. The monoisotopic (exact) mass is 278 g/mol. The first-order valence-corrected chi connectivity index (χ1v) is 6.81. The number of ketones is 1. The zero-order chi connectivity index (χ0) is 15.1. The molecule has 4 heteroatoms. The largest absolute Gasteiger partial charge is 0.491 e. The molecule has 0 unspecified atom stereocenters. The number of carbonyl (C=O) groups is 2. The number of hydrogen-bond donors (Lipinski definition) is 0. The Bertz CT molecular complexity index is 477. The lowest BCUT2D eigenvalue weighted by molar-refractivity contribution is -0.140. The number of Topliss-reactive ketones (excluding diaryl/α,β-unsaturated/α-hetero) is 1. The second-order valence-corrected chi connectivity index (χ2v) is 5.00. The summed E-state index contributed by atoms with van der Waals surface area (Å²) in [5.74, 6) is 0.529. The molecule has 0 heterocycles. The molecule has 1 rings (SSSR count). The molecular weight excluding hydrogens is 256 g/mol. The molecule has 0 spiro atoms. The lowest BCUT2D eigenvalue weighted by Crippen LogP contribution is -2.08. The molecule has 0 fully saturated rings. The highest BCUT2D eigenvalue weighted by Gasteiger charge is 2.11. The van der Waals surface area contributed by atoms with Crippen LogP contribution in [0.3, 0.4) is 0 Å². The Labute approximate surface area is 120 Å². The molecule has 4 nitrogen and oxygen atoms in total. The van der Waals surface area contributed by atoms with Crippen molar-refractivity contribution in [1.82, 2.24) is 0 Å². The van der Waals surface area contributed by atoms with Gasteiger partial charge in [-0.2, -0.15) is 0 Å². The van der Waals surface area contributed by atoms with Crippen LogP contribution in [0.15, 0.2) is 18.2 Å². The summed E-state index contributed by atoms with van der Waals surface area (Å²) in [6.45, 7) is 5.81. The molecule has 0 aliphatic carbocycles. The number of methoxy groups -OCH3 is 1. The number of aryl methyl sites for hydroxylation is 1. The number of ether oxygens (including phenoxy) is 2. The molecule has 0 N–H and O–H groups in total. The molecule has 0 radical (unpaired) electrons. The van der Waals surface area contributed by atoms with Gasteiger partial charge in [0.1, 0.15) is 5.75 Å². The van der Waals surface area contributed by atoms with Crippen molar-refractivity contribution in [2.24, 2.45) is 0 Å². The van der Waals surface area contributed by atoms with Crippen LogP contribution >= 0.6 is 0 Å².